The van der Waals surface area contributed by atoms with Gasteiger partial charge in [0.2, 0.25) is 0 Å². The molecule has 0 bridgehead atoms. The van der Waals surface area contributed by atoms with E-state index in [0.717, 1.165) is 11.7 Å². The van der Waals surface area contributed by atoms with Gasteiger partial charge in [0, 0.05) is 0 Å². The lowest BCUT2D eigenvalue weighted by Crippen LogP contribution is -2.09. The SMILES string of the molecule is COc1ccc(CC[C@H]2CCNC2)cc1. The number of aryl methyl sites for hydroxylation is 1. The van der Waals surface area contributed by atoms with Crippen molar-refractivity contribution >= 4 is 0 Å². The summed E-state index contributed by atoms with van der Waals surface area (Å²) in [6, 6.07) is 8.42. The van der Waals surface area contributed by atoms with Gasteiger partial charge in [-0.3, -0.25) is 0 Å². The van der Waals surface area contributed by atoms with Crippen molar-refractivity contribution in [1.82, 2.24) is 5.32 Å². The van der Waals surface area contributed by atoms with Crippen molar-refractivity contribution in [2.75, 3.05) is 20.2 Å². The van der Waals surface area contributed by atoms with Gasteiger partial charge >= 0.3 is 0 Å². The molecule has 15 heavy (non-hydrogen) atoms. The molecule has 2 nitrogen and oxygen atoms in total. The zero-order chi connectivity index (χ0) is 10.5. The molecule has 2 rings (SSSR count). The highest BCUT2D eigenvalue weighted by Crippen LogP contribution is 2.17. The van der Waals surface area contributed by atoms with E-state index in [4.69, 9.17) is 4.74 Å². The fourth-order valence-electron chi connectivity index (χ4n) is 2.12. The van der Waals surface area contributed by atoms with Crippen LogP contribution in [0.5, 0.6) is 5.75 Å². The van der Waals surface area contributed by atoms with Crippen LogP contribution in [0.3, 0.4) is 0 Å². The molecule has 1 N–H and O–H groups in total. The lowest BCUT2D eigenvalue weighted by atomic mass is 9.99. The molecule has 0 radical (unpaired) electrons. The molecule has 1 aromatic carbocycles. The molecule has 0 unspecified atom stereocenters. The molecular weight excluding hydrogens is 186 g/mol. The fraction of sp³-hybridized carbons (Fsp3) is 0.538. The van der Waals surface area contributed by atoms with E-state index < -0.39 is 0 Å². The Balaban J connectivity index is 1.82. The van der Waals surface area contributed by atoms with Crippen LogP contribution in [0, 0.1) is 5.92 Å². The minimum absolute atomic E-state index is 0.882. The Labute approximate surface area is 91.6 Å². The van der Waals surface area contributed by atoms with E-state index in [1.807, 2.05) is 12.1 Å². The van der Waals surface area contributed by atoms with Crippen molar-refractivity contribution in [3.8, 4) is 5.75 Å². The van der Waals surface area contributed by atoms with Gasteiger partial charge in [0.05, 0.1) is 7.11 Å². The van der Waals surface area contributed by atoms with Crippen molar-refractivity contribution < 1.29 is 4.74 Å². The minimum atomic E-state index is 0.882. The fourth-order valence-corrected chi connectivity index (χ4v) is 2.12. The molecule has 1 fully saturated rings. The maximum Gasteiger partial charge on any atom is 0.118 e. The van der Waals surface area contributed by atoms with E-state index in [-0.39, 0.29) is 0 Å². The van der Waals surface area contributed by atoms with Crippen LogP contribution < -0.4 is 10.1 Å². The summed E-state index contributed by atoms with van der Waals surface area (Å²) >= 11 is 0. The van der Waals surface area contributed by atoms with Gasteiger partial charge < -0.3 is 10.1 Å². The van der Waals surface area contributed by atoms with Crippen LogP contribution in [0.25, 0.3) is 0 Å². The number of ether oxygens (including phenoxy) is 1. The van der Waals surface area contributed by atoms with Crippen molar-refractivity contribution in [3.05, 3.63) is 29.8 Å². The van der Waals surface area contributed by atoms with Crippen molar-refractivity contribution in [1.29, 1.82) is 0 Å². The molecule has 1 atom stereocenters. The van der Waals surface area contributed by atoms with Gasteiger partial charge in [0.25, 0.3) is 0 Å². The Morgan fingerprint density at radius 1 is 1.33 bits per heavy atom. The van der Waals surface area contributed by atoms with Gasteiger partial charge in [0.1, 0.15) is 5.75 Å². The maximum absolute atomic E-state index is 5.14. The first kappa shape index (κ1) is 10.5. The summed E-state index contributed by atoms with van der Waals surface area (Å²) in [5.74, 6) is 1.83. The number of hydrogen-bond donors (Lipinski definition) is 1. The average molecular weight is 205 g/mol. The average Bonchev–Trinajstić information content (AvgIpc) is 2.80. The first-order valence-corrected chi connectivity index (χ1v) is 5.72. The van der Waals surface area contributed by atoms with Crippen LogP contribution in [0.1, 0.15) is 18.4 Å². The molecule has 0 aliphatic carbocycles. The molecule has 1 heterocycles. The summed E-state index contributed by atoms with van der Waals surface area (Å²) in [5, 5.41) is 3.41. The van der Waals surface area contributed by atoms with E-state index in [1.54, 1.807) is 7.11 Å². The third-order valence-corrected chi connectivity index (χ3v) is 3.16. The summed E-state index contributed by atoms with van der Waals surface area (Å²) in [7, 11) is 1.71. The second-order valence-electron chi connectivity index (χ2n) is 4.25. The number of hydrogen-bond acceptors (Lipinski definition) is 2. The first-order valence-electron chi connectivity index (χ1n) is 5.72. The summed E-state index contributed by atoms with van der Waals surface area (Å²) in [6.45, 7) is 2.41. The largest absolute Gasteiger partial charge is 0.497 e. The summed E-state index contributed by atoms with van der Waals surface area (Å²) in [4.78, 5) is 0. The van der Waals surface area contributed by atoms with Gasteiger partial charge in [-0.05, 0) is 56.0 Å². The van der Waals surface area contributed by atoms with Crippen LogP contribution in [0.15, 0.2) is 24.3 Å². The van der Waals surface area contributed by atoms with Crippen molar-refractivity contribution in [3.63, 3.8) is 0 Å². The van der Waals surface area contributed by atoms with Gasteiger partial charge in [0.15, 0.2) is 0 Å². The minimum Gasteiger partial charge on any atom is -0.497 e. The van der Waals surface area contributed by atoms with E-state index in [2.05, 4.69) is 17.4 Å². The molecular formula is C13H19NO. The highest BCUT2D eigenvalue weighted by Gasteiger charge is 2.13. The van der Waals surface area contributed by atoms with Gasteiger partial charge in [-0.1, -0.05) is 12.1 Å². The summed E-state index contributed by atoms with van der Waals surface area (Å²) in [6.07, 6.45) is 3.84. The predicted octanol–water partition coefficient (Wildman–Crippen LogP) is 2.24. The van der Waals surface area contributed by atoms with E-state index in [0.29, 0.717) is 0 Å². The molecule has 0 aromatic heterocycles. The highest BCUT2D eigenvalue weighted by molar-refractivity contribution is 5.27. The van der Waals surface area contributed by atoms with Crippen LogP contribution in [-0.2, 0) is 6.42 Å². The third kappa shape index (κ3) is 2.96. The van der Waals surface area contributed by atoms with Crippen molar-refractivity contribution in [2.45, 2.75) is 19.3 Å². The molecule has 0 saturated carbocycles. The highest BCUT2D eigenvalue weighted by atomic mass is 16.5. The number of nitrogens with one attached hydrogen (secondary N) is 1. The van der Waals surface area contributed by atoms with Crippen LogP contribution in [-0.4, -0.2) is 20.2 Å². The maximum atomic E-state index is 5.14. The lowest BCUT2D eigenvalue weighted by Gasteiger charge is -2.08. The summed E-state index contributed by atoms with van der Waals surface area (Å²) in [5.41, 5.74) is 1.42. The molecule has 1 aliphatic heterocycles. The number of benzene rings is 1. The monoisotopic (exact) mass is 205 g/mol. The Kier molecular flexibility index (Phi) is 3.62. The second kappa shape index (κ2) is 5.17. The normalized spacial score (nSPS) is 20.5. The Hall–Kier alpha value is -1.02. The van der Waals surface area contributed by atoms with Crippen LogP contribution in [0.4, 0.5) is 0 Å². The van der Waals surface area contributed by atoms with Crippen LogP contribution >= 0.6 is 0 Å². The lowest BCUT2D eigenvalue weighted by molar-refractivity contribution is 0.414. The Morgan fingerprint density at radius 2 is 2.13 bits per heavy atom. The second-order valence-corrected chi connectivity index (χ2v) is 4.25. The van der Waals surface area contributed by atoms with Crippen molar-refractivity contribution in [2.24, 2.45) is 5.92 Å². The smallest absolute Gasteiger partial charge is 0.118 e. The number of rotatable bonds is 4. The third-order valence-electron chi connectivity index (χ3n) is 3.16. The molecule has 1 aliphatic rings. The van der Waals surface area contributed by atoms with Gasteiger partial charge in [-0.25, -0.2) is 0 Å². The molecule has 2 heteroatoms. The van der Waals surface area contributed by atoms with Gasteiger partial charge in [-0.2, -0.15) is 0 Å². The quantitative estimate of drug-likeness (QED) is 0.814. The molecule has 1 aromatic rings. The predicted molar refractivity (Wildman–Crippen MR) is 62.3 cm³/mol. The number of methoxy groups -OCH3 is 1. The van der Waals surface area contributed by atoms with Crippen LogP contribution in [0.2, 0.25) is 0 Å². The standard InChI is InChI=1S/C13H19NO/c1-15-13-6-4-11(5-7-13)2-3-12-8-9-14-10-12/h4-7,12,14H,2-3,8-10H2,1H3/t12-/m0/s1. The zero-order valence-electron chi connectivity index (χ0n) is 9.33. The van der Waals surface area contributed by atoms with Gasteiger partial charge in [-0.15, -0.1) is 0 Å². The first-order chi connectivity index (χ1) is 7.38. The Morgan fingerprint density at radius 3 is 2.73 bits per heavy atom. The zero-order valence-corrected chi connectivity index (χ0v) is 9.33. The molecule has 82 valence electrons. The summed E-state index contributed by atoms with van der Waals surface area (Å²) < 4.78 is 5.14. The van der Waals surface area contributed by atoms with E-state index in [1.165, 1.54) is 37.9 Å². The van der Waals surface area contributed by atoms with E-state index >= 15 is 0 Å². The molecule has 1 saturated heterocycles. The topological polar surface area (TPSA) is 21.3 Å². The molecule has 0 spiro atoms. The van der Waals surface area contributed by atoms with E-state index in [9.17, 15) is 0 Å². The molecule has 0 amide bonds. The Bertz CT molecular complexity index is 288.